The second-order valence-corrected chi connectivity index (χ2v) is 11.9. The van der Waals surface area contributed by atoms with Crippen molar-refractivity contribution in [1.82, 2.24) is 9.88 Å². The maximum atomic E-state index is 13.5. The second-order valence-electron chi connectivity index (χ2n) is 10.3. The van der Waals surface area contributed by atoms with Gasteiger partial charge in [-0.2, -0.15) is 0 Å². The minimum Gasteiger partial charge on any atom is -0.0253 e. The van der Waals surface area contributed by atoms with Gasteiger partial charge in [0.1, 0.15) is 5.60 Å². The molecule has 1 unspecified atom stereocenters. The van der Waals surface area contributed by atoms with Crippen LogP contribution >= 0.6 is 8.19 Å². The Morgan fingerprint density at radius 2 is 1.97 bits per heavy atom. The van der Waals surface area contributed by atoms with Crippen molar-refractivity contribution in [2.24, 2.45) is 0 Å². The summed E-state index contributed by atoms with van der Waals surface area (Å²) in [6.07, 6.45) is -1.94. The smallest absolute Gasteiger partial charge is 0.0253 e. The first kappa shape index (κ1) is 26.1. The van der Waals surface area contributed by atoms with Gasteiger partial charge in [0.2, 0.25) is 0 Å². The standard InChI is InChI=1S/C24H28F3N2O6P/c1-13-20-19(15-8-14(11-36(25,26)27)6-7-16(15)28-13)18(30)10-24(34-20)9-17(21(31)33-5)29(12-24)22(32)35-23(2,3)4/h6-8,17,36H,9-12H2,1-5H3/t17-,24?/m0/s1. The molecule has 3 heterocycles. The monoisotopic (exact) mass is 528 g/mol. The molecule has 1 spiro atoms. The van der Waals surface area contributed by atoms with Gasteiger partial charge >= 0.3 is 173 Å². The number of ether oxygens (including phenoxy) is 3. The molecule has 2 atom stereocenters. The third kappa shape index (κ3) is 5.12. The zero-order valence-electron chi connectivity index (χ0n) is 20.6. The normalized spacial score (nSPS) is 22.4. The number of Topliss-reactive ketones (excluding diaryl/α,β-unsaturated/α-hetero) is 1. The zero-order valence-corrected chi connectivity index (χ0v) is 21.6. The first-order valence-corrected chi connectivity index (χ1v) is 13.3. The Kier molecular flexibility index (Phi) is 6.44. The summed E-state index contributed by atoms with van der Waals surface area (Å²) in [6.45, 7) is 6.60. The number of benzene rings is 1. The molecule has 0 bridgehead atoms. The first-order chi connectivity index (χ1) is 16.6. The number of nitrogens with zero attached hydrogens (tertiary/aromatic N) is 2. The summed E-state index contributed by atoms with van der Waals surface area (Å²) in [5, 5.41) is 0.290. The average molecular weight is 528 g/mol. The predicted molar refractivity (Wildman–Crippen MR) is 127 cm³/mol. The van der Waals surface area contributed by atoms with Gasteiger partial charge < -0.3 is 0 Å². The van der Waals surface area contributed by atoms with E-state index in [-0.39, 0.29) is 47.4 Å². The molecular formula is C24H28F3N2O6P. The van der Waals surface area contributed by atoms with Crippen molar-refractivity contribution in [3.05, 3.63) is 35.0 Å². The first-order valence-electron chi connectivity index (χ1n) is 11.4. The van der Waals surface area contributed by atoms with Crippen LogP contribution < -0.4 is 4.74 Å². The molecule has 2 aliphatic rings. The number of halogens is 3. The average Bonchev–Trinajstić information content (AvgIpc) is 3.10. The fourth-order valence-corrected chi connectivity index (χ4v) is 5.48. The number of aromatic nitrogens is 1. The molecule has 0 saturated carbocycles. The van der Waals surface area contributed by atoms with Crippen LogP contribution in [0.3, 0.4) is 0 Å². The summed E-state index contributed by atoms with van der Waals surface area (Å²) in [5.74, 6) is -0.883. The Balaban J connectivity index is 1.74. The van der Waals surface area contributed by atoms with Crippen LogP contribution in [0.1, 0.15) is 55.2 Å². The molecule has 0 radical (unpaired) electrons. The van der Waals surface area contributed by atoms with E-state index in [1.54, 1.807) is 27.7 Å². The van der Waals surface area contributed by atoms with E-state index in [1.807, 2.05) is 0 Å². The van der Waals surface area contributed by atoms with Crippen molar-refractivity contribution < 1.29 is 41.2 Å². The number of hydrogen-bond donors (Lipinski definition) is 0. The Hall–Kier alpha value is -2.94. The van der Waals surface area contributed by atoms with Gasteiger partial charge in [-0.25, -0.2) is 0 Å². The van der Waals surface area contributed by atoms with Crippen molar-refractivity contribution in [2.75, 3.05) is 13.7 Å². The van der Waals surface area contributed by atoms with E-state index in [1.165, 1.54) is 30.2 Å². The second kappa shape index (κ2) is 8.87. The fourth-order valence-electron chi connectivity index (χ4n) is 4.80. The molecule has 1 aromatic carbocycles. The molecule has 1 saturated heterocycles. The summed E-state index contributed by atoms with van der Waals surface area (Å²) in [7, 11) is -4.66. The number of fused-ring (bicyclic) bond motifs is 3. The number of hydrogen-bond acceptors (Lipinski definition) is 7. The molecule has 2 aliphatic heterocycles. The van der Waals surface area contributed by atoms with Crippen molar-refractivity contribution >= 4 is 36.9 Å². The molecule has 8 nitrogen and oxygen atoms in total. The van der Waals surface area contributed by atoms with Crippen molar-refractivity contribution in [1.29, 1.82) is 0 Å². The van der Waals surface area contributed by atoms with E-state index < -0.39 is 43.7 Å². The van der Waals surface area contributed by atoms with Crippen LogP contribution in [-0.2, 0) is 20.4 Å². The van der Waals surface area contributed by atoms with Gasteiger partial charge in [-0.3, -0.25) is 0 Å². The van der Waals surface area contributed by atoms with Gasteiger partial charge in [0.15, 0.2) is 0 Å². The molecule has 36 heavy (non-hydrogen) atoms. The van der Waals surface area contributed by atoms with E-state index in [2.05, 4.69) is 4.98 Å². The third-order valence-corrected chi connectivity index (χ3v) is 6.97. The molecule has 0 aliphatic carbocycles. The minimum atomic E-state index is -5.86. The van der Waals surface area contributed by atoms with Gasteiger partial charge in [0.05, 0.1) is 7.11 Å². The molecule has 1 aromatic heterocycles. The van der Waals surface area contributed by atoms with Gasteiger partial charge in [0, 0.05) is 0 Å². The number of carbonyl (C=O) groups is 3. The van der Waals surface area contributed by atoms with E-state index in [4.69, 9.17) is 14.2 Å². The van der Waals surface area contributed by atoms with E-state index in [9.17, 15) is 27.0 Å². The van der Waals surface area contributed by atoms with Gasteiger partial charge in [-0.15, -0.1) is 0 Å². The van der Waals surface area contributed by atoms with Crippen LogP contribution in [0.2, 0.25) is 0 Å². The molecule has 0 N–H and O–H groups in total. The minimum absolute atomic E-state index is 0.0126. The van der Waals surface area contributed by atoms with Gasteiger partial charge in [0.25, 0.3) is 0 Å². The number of rotatable bonds is 3. The van der Waals surface area contributed by atoms with E-state index in [0.717, 1.165) is 0 Å². The number of ketones is 1. The number of aryl methyl sites for hydroxylation is 1. The van der Waals surface area contributed by atoms with Crippen LogP contribution in [0.25, 0.3) is 10.9 Å². The molecule has 4 rings (SSSR count). The number of carbonyl (C=O) groups excluding carboxylic acids is 3. The van der Waals surface area contributed by atoms with Crippen LogP contribution in [0, 0.1) is 6.92 Å². The van der Waals surface area contributed by atoms with Crippen LogP contribution in [0.5, 0.6) is 5.75 Å². The number of likely N-dealkylation sites (tertiary alicyclic amines) is 1. The molecule has 1 amide bonds. The quantitative estimate of drug-likeness (QED) is 0.392. The number of amides is 1. The zero-order chi connectivity index (χ0) is 26.6. The number of methoxy groups -OCH3 is 1. The predicted octanol–water partition coefficient (Wildman–Crippen LogP) is 5.33. The Morgan fingerprint density at radius 3 is 2.58 bits per heavy atom. The summed E-state index contributed by atoms with van der Waals surface area (Å²) >= 11 is 0. The van der Waals surface area contributed by atoms with Gasteiger partial charge in [-0.05, 0) is 20.8 Å². The Labute approximate surface area is 206 Å². The van der Waals surface area contributed by atoms with E-state index >= 15 is 0 Å². The van der Waals surface area contributed by atoms with Crippen LogP contribution in [0.15, 0.2) is 18.2 Å². The van der Waals surface area contributed by atoms with Crippen molar-refractivity contribution in [3.8, 4) is 5.75 Å². The summed E-state index contributed by atoms with van der Waals surface area (Å²) < 4.78 is 56.0. The summed E-state index contributed by atoms with van der Waals surface area (Å²) in [5.41, 5.74) is -1.06. The molecule has 12 heteroatoms. The Morgan fingerprint density at radius 1 is 1.28 bits per heavy atom. The SMILES string of the molecule is COC(=O)[C@@H]1CC2(CC(=O)c3c(c(C)nc4ccc(C[PH](F)(F)F)cc34)O2)CN1C(=O)OC(C)(C)C. The van der Waals surface area contributed by atoms with Crippen molar-refractivity contribution in [2.45, 2.75) is 63.9 Å². The molecular weight excluding hydrogens is 500 g/mol. The molecule has 2 aromatic rings. The summed E-state index contributed by atoms with van der Waals surface area (Å²) in [6, 6.07) is 3.16. The van der Waals surface area contributed by atoms with Crippen molar-refractivity contribution in [3.63, 3.8) is 0 Å². The number of esters is 1. The number of pyridine rings is 1. The molecule has 196 valence electrons. The van der Waals surface area contributed by atoms with Gasteiger partial charge in [-0.1, -0.05) is 0 Å². The Bertz CT molecular complexity index is 1260. The molecule has 1 fully saturated rings. The van der Waals surface area contributed by atoms with Crippen LogP contribution in [0.4, 0.5) is 17.4 Å². The fraction of sp³-hybridized carbons (Fsp3) is 0.500. The summed E-state index contributed by atoms with van der Waals surface area (Å²) in [4.78, 5) is 44.6. The van der Waals surface area contributed by atoms with Crippen LogP contribution in [-0.4, -0.2) is 58.6 Å². The topological polar surface area (TPSA) is 95.0 Å². The maximum absolute atomic E-state index is 13.5. The van der Waals surface area contributed by atoms with E-state index in [0.29, 0.717) is 11.2 Å². The third-order valence-electron chi connectivity index (χ3n) is 6.16.